The molecule has 5 heteroatoms. The Morgan fingerprint density at radius 2 is 1.93 bits per heavy atom. The van der Waals surface area contributed by atoms with Gasteiger partial charge in [0, 0.05) is 6.54 Å². The van der Waals surface area contributed by atoms with Crippen molar-refractivity contribution in [2.75, 3.05) is 6.61 Å². The van der Waals surface area contributed by atoms with Gasteiger partial charge in [0.2, 0.25) is 0 Å². The predicted octanol–water partition coefficient (Wildman–Crippen LogP) is 5.24. The van der Waals surface area contributed by atoms with E-state index in [1.807, 2.05) is 6.07 Å². The lowest BCUT2D eigenvalue weighted by Gasteiger charge is -2.15. The van der Waals surface area contributed by atoms with Gasteiger partial charge in [-0.05, 0) is 62.1 Å². The van der Waals surface area contributed by atoms with Gasteiger partial charge in [-0.25, -0.2) is 9.78 Å². The highest BCUT2D eigenvalue weighted by Crippen LogP contribution is 2.28. The number of aryl methyl sites for hydroxylation is 2. The number of ether oxygens (including phenoxy) is 2. The van der Waals surface area contributed by atoms with E-state index in [-0.39, 0.29) is 5.97 Å². The molecule has 0 bridgehead atoms. The first-order valence-corrected chi connectivity index (χ1v) is 9.84. The predicted molar refractivity (Wildman–Crippen MR) is 111 cm³/mol. The summed E-state index contributed by atoms with van der Waals surface area (Å²) in [6.07, 6.45) is 0. The number of imidazole rings is 1. The number of hydrogen-bond acceptors (Lipinski definition) is 4. The summed E-state index contributed by atoms with van der Waals surface area (Å²) in [5.74, 6) is 1.80. The minimum Gasteiger partial charge on any atom is -0.485 e. The minimum absolute atomic E-state index is 0.324. The zero-order chi connectivity index (χ0) is 20.3. The van der Waals surface area contributed by atoms with Crippen LogP contribution in [0.1, 0.15) is 60.9 Å². The molecule has 3 aromatic rings. The van der Waals surface area contributed by atoms with Gasteiger partial charge in [0.15, 0.2) is 0 Å². The topological polar surface area (TPSA) is 53.4 Å². The fourth-order valence-corrected chi connectivity index (χ4v) is 3.37. The molecule has 0 aliphatic carbocycles. The summed E-state index contributed by atoms with van der Waals surface area (Å²) in [6, 6.07) is 11.8. The highest BCUT2D eigenvalue weighted by atomic mass is 16.5. The summed E-state index contributed by atoms with van der Waals surface area (Å²) in [4.78, 5) is 16.7. The Balaban J connectivity index is 1.91. The molecular weight excluding hydrogens is 352 g/mol. The molecule has 0 N–H and O–H groups in total. The fourth-order valence-electron chi connectivity index (χ4n) is 3.37. The van der Waals surface area contributed by atoms with E-state index >= 15 is 0 Å². The maximum atomic E-state index is 12.0. The lowest BCUT2D eigenvalue weighted by molar-refractivity contribution is 0.0526. The van der Waals surface area contributed by atoms with Crippen LogP contribution in [-0.4, -0.2) is 22.1 Å². The fraction of sp³-hybridized carbons (Fsp3) is 0.391. The maximum Gasteiger partial charge on any atom is 0.338 e. The van der Waals surface area contributed by atoms with Crippen molar-refractivity contribution in [3.63, 3.8) is 0 Å². The zero-order valence-electron chi connectivity index (χ0n) is 17.3. The third-order valence-electron chi connectivity index (χ3n) is 4.80. The van der Waals surface area contributed by atoms with Crippen molar-refractivity contribution in [1.82, 2.24) is 9.55 Å². The summed E-state index contributed by atoms with van der Waals surface area (Å²) in [5, 5.41) is 0. The van der Waals surface area contributed by atoms with Gasteiger partial charge in [-0.15, -0.1) is 0 Å². The molecular formula is C23H28N2O3. The van der Waals surface area contributed by atoms with E-state index < -0.39 is 0 Å². The number of aromatic nitrogens is 2. The molecule has 0 unspecified atom stereocenters. The molecule has 148 valence electrons. The SMILES string of the molecule is CCOC(=O)c1ccc2c(c1)nc(COc1cc(C)ccc1C(C)C)n2CC. The number of carbonyl (C=O) groups excluding carboxylic acids is 1. The minimum atomic E-state index is -0.324. The third kappa shape index (κ3) is 4.03. The molecule has 3 rings (SSSR count). The summed E-state index contributed by atoms with van der Waals surface area (Å²) in [5.41, 5.74) is 4.64. The van der Waals surface area contributed by atoms with Gasteiger partial charge >= 0.3 is 5.97 Å². The first-order valence-electron chi connectivity index (χ1n) is 9.84. The highest BCUT2D eigenvalue weighted by molar-refractivity contribution is 5.93. The van der Waals surface area contributed by atoms with Gasteiger partial charge in [0.05, 0.1) is 23.2 Å². The summed E-state index contributed by atoms with van der Waals surface area (Å²) in [6.45, 7) is 11.8. The Morgan fingerprint density at radius 3 is 2.61 bits per heavy atom. The van der Waals surface area contributed by atoms with Crippen molar-refractivity contribution in [2.24, 2.45) is 0 Å². The second-order valence-corrected chi connectivity index (χ2v) is 7.18. The van der Waals surface area contributed by atoms with E-state index in [9.17, 15) is 4.79 Å². The van der Waals surface area contributed by atoms with Gasteiger partial charge in [-0.1, -0.05) is 26.0 Å². The van der Waals surface area contributed by atoms with Crippen molar-refractivity contribution in [2.45, 2.75) is 53.7 Å². The molecule has 0 aliphatic heterocycles. The van der Waals surface area contributed by atoms with E-state index in [2.05, 4.69) is 50.5 Å². The van der Waals surface area contributed by atoms with Crippen molar-refractivity contribution in [3.8, 4) is 5.75 Å². The first-order chi connectivity index (χ1) is 13.4. The molecule has 0 aliphatic rings. The van der Waals surface area contributed by atoms with Crippen LogP contribution >= 0.6 is 0 Å². The largest absolute Gasteiger partial charge is 0.485 e. The number of hydrogen-bond donors (Lipinski definition) is 0. The van der Waals surface area contributed by atoms with Crippen LogP contribution in [0.5, 0.6) is 5.75 Å². The summed E-state index contributed by atoms with van der Waals surface area (Å²) in [7, 11) is 0. The van der Waals surface area contributed by atoms with Crippen LogP contribution in [0.2, 0.25) is 0 Å². The van der Waals surface area contributed by atoms with Gasteiger partial charge < -0.3 is 14.0 Å². The molecule has 28 heavy (non-hydrogen) atoms. The van der Waals surface area contributed by atoms with Crippen LogP contribution in [0, 0.1) is 6.92 Å². The van der Waals surface area contributed by atoms with E-state index in [1.165, 1.54) is 11.1 Å². The Hall–Kier alpha value is -2.82. The third-order valence-corrected chi connectivity index (χ3v) is 4.80. The van der Waals surface area contributed by atoms with Crippen molar-refractivity contribution in [3.05, 3.63) is 58.9 Å². The number of nitrogens with zero attached hydrogens (tertiary/aromatic N) is 2. The lowest BCUT2D eigenvalue weighted by atomic mass is 10.0. The molecule has 0 spiro atoms. The van der Waals surface area contributed by atoms with E-state index in [0.29, 0.717) is 24.7 Å². The molecule has 1 aromatic heterocycles. The van der Waals surface area contributed by atoms with Gasteiger partial charge in [-0.3, -0.25) is 0 Å². The van der Waals surface area contributed by atoms with Gasteiger partial charge in [-0.2, -0.15) is 0 Å². The number of fused-ring (bicyclic) bond motifs is 1. The number of rotatable bonds is 7. The second kappa shape index (κ2) is 8.46. The van der Waals surface area contributed by atoms with Crippen LogP contribution in [0.15, 0.2) is 36.4 Å². The number of carbonyl (C=O) groups is 1. The maximum absolute atomic E-state index is 12.0. The van der Waals surface area contributed by atoms with Crippen molar-refractivity contribution < 1.29 is 14.3 Å². The monoisotopic (exact) mass is 380 g/mol. The van der Waals surface area contributed by atoms with Gasteiger partial charge in [0.25, 0.3) is 0 Å². The zero-order valence-corrected chi connectivity index (χ0v) is 17.3. The summed E-state index contributed by atoms with van der Waals surface area (Å²) < 4.78 is 13.4. The standard InChI is InChI=1S/C23H28N2O3/c1-6-25-20-11-9-17(23(26)27-7-2)13-19(20)24-22(25)14-28-21-12-16(5)8-10-18(21)15(3)4/h8-13,15H,6-7,14H2,1-5H3. The van der Waals surface area contributed by atoms with Crippen molar-refractivity contribution >= 4 is 17.0 Å². The molecule has 0 amide bonds. The van der Waals surface area contributed by atoms with E-state index in [0.717, 1.165) is 29.2 Å². The quantitative estimate of drug-likeness (QED) is 0.526. The van der Waals surface area contributed by atoms with Crippen molar-refractivity contribution in [1.29, 1.82) is 0 Å². The molecule has 0 radical (unpaired) electrons. The molecule has 2 aromatic carbocycles. The number of esters is 1. The normalized spacial score (nSPS) is 11.2. The first kappa shape index (κ1) is 19.9. The molecule has 0 saturated heterocycles. The van der Waals surface area contributed by atoms with Crippen LogP contribution < -0.4 is 4.74 Å². The smallest absolute Gasteiger partial charge is 0.338 e. The lowest BCUT2D eigenvalue weighted by Crippen LogP contribution is -2.07. The molecule has 5 nitrogen and oxygen atoms in total. The van der Waals surface area contributed by atoms with Crippen LogP contribution in [0.3, 0.4) is 0 Å². The Morgan fingerprint density at radius 1 is 1.14 bits per heavy atom. The second-order valence-electron chi connectivity index (χ2n) is 7.18. The molecule has 0 saturated carbocycles. The van der Waals surface area contributed by atoms with E-state index in [4.69, 9.17) is 14.5 Å². The van der Waals surface area contributed by atoms with E-state index in [1.54, 1.807) is 19.1 Å². The Bertz CT molecular complexity index is 989. The van der Waals surface area contributed by atoms with Crippen LogP contribution in [0.4, 0.5) is 0 Å². The van der Waals surface area contributed by atoms with Crippen LogP contribution in [-0.2, 0) is 17.9 Å². The molecule has 1 heterocycles. The van der Waals surface area contributed by atoms with Crippen LogP contribution in [0.25, 0.3) is 11.0 Å². The van der Waals surface area contributed by atoms with Gasteiger partial charge in [0.1, 0.15) is 18.2 Å². The Labute approximate surface area is 166 Å². The average Bonchev–Trinajstić information content (AvgIpc) is 3.02. The Kier molecular flexibility index (Phi) is 6.02. The number of benzene rings is 2. The molecule has 0 atom stereocenters. The summed E-state index contributed by atoms with van der Waals surface area (Å²) >= 11 is 0. The highest BCUT2D eigenvalue weighted by Gasteiger charge is 2.15. The average molecular weight is 380 g/mol. The molecule has 0 fully saturated rings.